The number of rotatable bonds is 6. The number of para-hydroxylation sites is 2. The number of nitrogens with zero attached hydrogens (tertiary/aromatic N) is 3. The molecule has 4 heterocycles. The van der Waals surface area contributed by atoms with Crippen molar-refractivity contribution in [2.75, 3.05) is 0 Å². The monoisotopic (exact) mass is 767 g/mol. The Kier molecular flexibility index (Phi) is 7.78. The van der Waals surface area contributed by atoms with Gasteiger partial charge in [-0.2, -0.15) is 0 Å². The summed E-state index contributed by atoms with van der Waals surface area (Å²) in [7, 11) is 0. The third kappa shape index (κ3) is 5.67. The summed E-state index contributed by atoms with van der Waals surface area (Å²) in [5, 5.41) is 5.29. The maximum Gasteiger partial charge on any atom is 0.162 e. The van der Waals surface area contributed by atoms with Crippen molar-refractivity contribution >= 4 is 54.8 Å². The van der Waals surface area contributed by atoms with E-state index in [1.54, 1.807) is 0 Å². The first kappa shape index (κ1) is 33.9. The molecule has 8 aromatic carbocycles. The zero-order chi connectivity index (χ0) is 39.6. The second kappa shape index (κ2) is 13.8. The van der Waals surface area contributed by atoms with Gasteiger partial charge in [0.25, 0.3) is 0 Å². The summed E-state index contributed by atoms with van der Waals surface area (Å²) in [4.78, 5) is 15.8. The molecule has 0 unspecified atom stereocenters. The maximum atomic E-state index is 6.79. The lowest BCUT2D eigenvalue weighted by molar-refractivity contribution is 0.668. The standard InChI is InChI=1S/C55H33N3O2/c1-3-14-34(15-4-1)36-18-11-19-37(30-36)41-24-13-25-45-51(41)52-43-23-8-10-27-49(43)60-54(52)53(56-45)39-20-12-21-40(31-39)55-57-46(35-16-5-2-6-17-35)33-47(58-55)38-28-29-50-44(32-38)42-22-7-9-26-48(42)59-50/h1-33H. The van der Waals surface area contributed by atoms with E-state index in [4.69, 9.17) is 23.8 Å². The van der Waals surface area contributed by atoms with Gasteiger partial charge < -0.3 is 8.83 Å². The third-order valence-electron chi connectivity index (χ3n) is 11.5. The van der Waals surface area contributed by atoms with Crippen molar-refractivity contribution in [3.05, 3.63) is 200 Å². The molecule has 0 aliphatic carbocycles. The van der Waals surface area contributed by atoms with E-state index in [0.29, 0.717) is 5.82 Å². The molecule has 0 N–H and O–H groups in total. The van der Waals surface area contributed by atoms with Crippen LogP contribution in [0.15, 0.2) is 209 Å². The van der Waals surface area contributed by atoms with Crippen molar-refractivity contribution in [2.24, 2.45) is 0 Å². The summed E-state index contributed by atoms with van der Waals surface area (Å²) in [6, 6.07) is 69.0. The van der Waals surface area contributed by atoms with Gasteiger partial charge in [0.1, 0.15) is 22.4 Å². The molecule has 4 aromatic heterocycles. The molecule has 12 aromatic rings. The zero-order valence-corrected chi connectivity index (χ0v) is 32.2. The van der Waals surface area contributed by atoms with E-state index in [-0.39, 0.29) is 0 Å². The SMILES string of the molecule is c1ccc(-c2cccc(-c3cccc4nc(-c5cccc(-c6nc(-c7ccccc7)cc(-c7ccc8oc9ccccc9c8c7)n6)c5)c5oc6ccccc6c5c34)c2)cc1. The predicted octanol–water partition coefficient (Wildman–Crippen LogP) is 14.8. The van der Waals surface area contributed by atoms with Gasteiger partial charge in [0.15, 0.2) is 11.4 Å². The summed E-state index contributed by atoms with van der Waals surface area (Å²) >= 11 is 0. The van der Waals surface area contributed by atoms with Crippen LogP contribution in [0.4, 0.5) is 0 Å². The Labute approximate surface area is 344 Å². The molecule has 0 atom stereocenters. The highest BCUT2D eigenvalue weighted by Gasteiger charge is 2.21. The van der Waals surface area contributed by atoms with E-state index < -0.39 is 0 Å². The Hall–Kier alpha value is -8.15. The second-order valence-corrected chi connectivity index (χ2v) is 15.1. The van der Waals surface area contributed by atoms with Crippen LogP contribution in [0, 0.1) is 0 Å². The number of fused-ring (bicyclic) bond motifs is 8. The molecule has 12 rings (SSSR count). The highest BCUT2D eigenvalue weighted by Crippen LogP contribution is 2.44. The molecule has 60 heavy (non-hydrogen) atoms. The van der Waals surface area contributed by atoms with Crippen molar-refractivity contribution in [2.45, 2.75) is 0 Å². The van der Waals surface area contributed by atoms with Crippen LogP contribution in [0.1, 0.15) is 0 Å². The van der Waals surface area contributed by atoms with Crippen LogP contribution in [0.25, 0.3) is 122 Å². The molecule has 0 fully saturated rings. The van der Waals surface area contributed by atoms with Crippen molar-refractivity contribution in [1.82, 2.24) is 15.0 Å². The van der Waals surface area contributed by atoms with Crippen molar-refractivity contribution in [3.8, 4) is 67.4 Å². The maximum absolute atomic E-state index is 6.79. The lowest BCUT2D eigenvalue weighted by Crippen LogP contribution is -1.96. The average molecular weight is 768 g/mol. The predicted molar refractivity (Wildman–Crippen MR) is 245 cm³/mol. The fourth-order valence-electron chi connectivity index (χ4n) is 8.63. The summed E-state index contributed by atoms with van der Waals surface area (Å²) in [6.07, 6.45) is 0. The van der Waals surface area contributed by atoms with Crippen LogP contribution in [0.5, 0.6) is 0 Å². The first-order valence-corrected chi connectivity index (χ1v) is 20.1. The molecule has 0 saturated carbocycles. The van der Waals surface area contributed by atoms with E-state index in [1.807, 2.05) is 54.6 Å². The van der Waals surface area contributed by atoms with Gasteiger partial charge in [-0.15, -0.1) is 0 Å². The molecule has 280 valence electrons. The Bertz CT molecular complexity index is 3610. The van der Waals surface area contributed by atoms with Gasteiger partial charge in [0.05, 0.1) is 16.9 Å². The first-order chi connectivity index (χ1) is 29.7. The van der Waals surface area contributed by atoms with Crippen LogP contribution >= 0.6 is 0 Å². The van der Waals surface area contributed by atoms with Crippen LogP contribution < -0.4 is 0 Å². The summed E-state index contributed by atoms with van der Waals surface area (Å²) in [5.41, 5.74) is 14.9. The van der Waals surface area contributed by atoms with Crippen LogP contribution in [-0.4, -0.2) is 15.0 Å². The summed E-state index contributed by atoms with van der Waals surface area (Å²) in [6.45, 7) is 0. The van der Waals surface area contributed by atoms with E-state index in [1.165, 1.54) is 5.56 Å². The quantitative estimate of drug-likeness (QED) is 0.169. The van der Waals surface area contributed by atoms with Gasteiger partial charge in [-0.25, -0.2) is 15.0 Å². The average Bonchev–Trinajstić information content (AvgIpc) is 3.90. The Morgan fingerprint density at radius 1 is 0.317 bits per heavy atom. The van der Waals surface area contributed by atoms with E-state index in [2.05, 4.69) is 146 Å². The fraction of sp³-hybridized carbons (Fsp3) is 0. The molecule has 0 aliphatic rings. The fourth-order valence-corrected chi connectivity index (χ4v) is 8.63. The van der Waals surface area contributed by atoms with E-state index >= 15 is 0 Å². The molecule has 0 aliphatic heterocycles. The second-order valence-electron chi connectivity index (χ2n) is 15.1. The van der Waals surface area contributed by atoms with Crippen LogP contribution in [-0.2, 0) is 0 Å². The van der Waals surface area contributed by atoms with E-state index in [0.717, 1.165) is 111 Å². The number of pyridine rings is 1. The molecule has 0 saturated heterocycles. The lowest BCUT2D eigenvalue weighted by Gasteiger charge is -2.13. The molecule has 5 heteroatoms. The van der Waals surface area contributed by atoms with Gasteiger partial charge in [0.2, 0.25) is 0 Å². The first-order valence-electron chi connectivity index (χ1n) is 20.1. The molecule has 0 spiro atoms. The van der Waals surface area contributed by atoms with Crippen molar-refractivity contribution in [3.63, 3.8) is 0 Å². The largest absolute Gasteiger partial charge is 0.456 e. The van der Waals surface area contributed by atoms with Crippen molar-refractivity contribution in [1.29, 1.82) is 0 Å². The number of aromatic nitrogens is 3. The number of benzene rings is 8. The number of hydrogen-bond acceptors (Lipinski definition) is 5. The Balaban J connectivity index is 1.04. The van der Waals surface area contributed by atoms with E-state index in [9.17, 15) is 0 Å². The summed E-state index contributed by atoms with van der Waals surface area (Å²) in [5.74, 6) is 0.618. The number of hydrogen-bond donors (Lipinski definition) is 0. The van der Waals surface area contributed by atoms with Gasteiger partial charge in [-0.1, -0.05) is 146 Å². The third-order valence-corrected chi connectivity index (χ3v) is 11.5. The topological polar surface area (TPSA) is 65.0 Å². The molecule has 5 nitrogen and oxygen atoms in total. The van der Waals surface area contributed by atoms with Crippen molar-refractivity contribution < 1.29 is 8.83 Å². The van der Waals surface area contributed by atoms with Gasteiger partial charge >= 0.3 is 0 Å². The summed E-state index contributed by atoms with van der Waals surface area (Å²) < 4.78 is 13.0. The molecule has 0 radical (unpaired) electrons. The van der Waals surface area contributed by atoms with Crippen LogP contribution in [0.3, 0.4) is 0 Å². The Morgan fingerprint density at radius 3 is 1.73 bits per heavy atom. The minimum atomic E-state index is 0.618. The molecular weight excluding hydrogens is 735 g/mol. The minimum Gasteiger partial charge on any atom is -0.456 e. The lowest BCUT2D eigenvalue weighted by atomic mass is 9.93. The van der Waals surface area contributed by atoms with Gasteiger partial charge in [-0.05, 0) is 76.9 Å². The highest BCUT2D eigenvalue weighted by molar-refractivity contribution is 6.24. The molecular formula is C55H33N3O2. The Morgan fingerprint density at radius 2 is 0.917 bits per heavy atom. The van der Waals surface area contributed by atoms with Gasteiger partial charge in [0, 0.05) is 49.2 Å². The minimum absolute atomic E-state index is 0.618. The molecule has 0 bridgehead atoms. The zero-order valence-electron chi connectivity index (χ0n) is 32.2. The number of furan rings is 2. The normalized spacial score (nSPS) is 11.7. The van der Waals surface area contributed by atoms with Crippen LogP contribution in [0.2, 0.25) is 0 Å². The van der Waals surface area contributed by atoms with Gasteiger partial charge in [-0.3, -0.25) is 0 Å². The smallest absolute Gasteiger partial charge is 0.162 e. The molecule has 0 amide bonds. The highest BCUT2D eigenvalue weighted by atomic mass is 16.3.